The molecular weight excluding hydrogens is 408 g/mol. The highest BCUT2D eigenvalue weighted by atomic mass is 35.5. The van der Waals surface area contributed by atoms with E-state index >= 15 is 0 Å². The minimum atomic E-state index is -0.278. The normalized spacial score (nSPS) is 20.3. The van der Waals surface area contributed by atoms with Gasteiger partial charge in [-0.1, -0.05) is 11.6 Å². The lowest BCUT2D eigenvalue weighted by Crippen LogP contribution is -2.43. The van der Waals surface area contributed by atoms with Crippen LogP contribution in [-0.2, 0) is 4.74 Å². The maximum Gasteiger partial charge on any atom is 0.254 e. The molecule has 1 aromatic carbocycles. The van der Waals surface area contributed by atoms with Crippen LogP contribution >= 0.6 is 11.6 Å². The van der Waals surface area contributed by atoms with Crippen molar-refractivity contribution in [1.82, 2.24) is 20.2 Å². The molecule has 9 heteroatoms. The number of nitrogens with zero attached hydrogens (tertiary/aromatic N) is 3. The highest BCUT2D eigenvalue weighted by Crippen LogP contribution is 2.43. The predicted octanol–water partition coefficient (Wildman–Crippen LogP) is 2.28. The molecule has 2 N–H and O–H groups in total. The first-order valence-electron chi connectivity index (χ1n) is 9.88. The van der Waals surface area contributed by atoms with Gasteiger partial charge in [-0.2, -0.15) is 0 Å². The summed E-state index contributed by atoms with van der Waals surface area (Å²) in [6.45, 7) is 2.25. The second-order valence-corrected chi connectivity index (χ2v) is 8.31. The Kier molecular flexibility index (Phi) is 5.87. The van der Waals surface area contributed by atoms with E-state index in [1.54, 1.807) is 11.0 Å². The van der Waals surface area contributed by atoms with E-state index in [9.17, 15) is 14.7 Å². The van der Waals surface area contributed by atoms with E-state index < -0.39 is 0 Å². The van der Waals surface area contributed by atoms with Gasteiger partial charge in [0.05, 0.1) is 10.6 Å². The van der Waals surface area contributed by atoms with Crippen LogP contribution in [0.3, 0.4) is 0 Å². The van der Waals surface area contributed by atoms with Crippen LogP contribution < -0.4 is 5.32 Å². The lowest BCUT2D eigenvalue weighted by molar-refractivity contribution is 0.0190. The Morgan fingerprint density at radius 2 is 1.97 bits per heavy atom. The molecule has 0 saturated carbocycles. The summed E-state index contributed by atoms with van der Waals surface area (Å²) in [6.07, 6.45) is 6.81. The molecule has 30 heavy (non-hydrogen) atoms. The van der Waals surface area contributed by atoms with Gasteiger partial charge in [-0.25, -0.2) is 9.97 Å². The number of hydrogen-bond acceptors (Lipinski definition) is 6. The molecule has 1 unspecified atom stereocenters. The molecule has 0 aliphatic carbocycles. The van der Waals surface area contributed by atoms with Gasteiger partial charge in [0.25, 0.3) is 11.8 Å². The summed E-state index contributed by atoms with van der Waals surface area (Å²) < 4.78 is 5.52. The van der Waals surface area contributed by atoms with Crippen molar-refractivity contribution in [2.24, 2.45) is 5.41 Å². The molecule has 0 bridgehead atoms. The number of carbonyl (C=O) groups excluding carboxylic acids is 2. The first kappa shape index (κ1) is 20.6. The van der Waals surface area contributed by atoms with Gasteiger partial charge < -0.3 is 20.1 Å². The van der Waals surface area contributed by atoms with Crippen molar-refractivity contribution in [2.75, 3.05) is 26.3 Å². The van der Waals surface area contributed by atoms with Crippen LogP contribution in [0.1, 0.15) is 40.0 Å². The van der Waals surface area contributed by atoms with E-state index in [4.69, 9.17) is 16.3 Å². The van der Waals surface area contributed by atoms with Crippen molar-refractivity contribution in [1.29, 1.82) is 0 Å². The number of aromatic nitrogens is 2. The fourth-order valence-corrected chi connectivity index (χ4v) is 4.41. The van der Waals surface area contributed by atoms with Crippen LogP contribution in [-0.4, -0.2) is 64.1 Å². The summed E-state index contributed by atoms with van der Waals surface area (Å²) in [6, 6.07) is 4.34. The van der Waals surface area contributed by atoms with E-state index in [0.29, 0.717) is 37.4 Å². The summed E-state index contributed by atoms with van der Waals surface area (Å²) in [5.74, 6) is -0.593. The molecule has 2 aromatic rings. The number of carbonyl (C=O) groups is 2. The second-order valence-electron chi connectivity index (χ2n) is 7.91. The highest BCUT2D eigenvalue weighted by molar-refractivity contribution is 6.32. The molecule has 2 aliphatic heterocycles. The molecule has 0 radical (unpaired) electrons. The number of phenolic OH excluding ortho intramolecular Hbond substituents is 1. The van der Waals surface area contributed by atoms with Gasteiger partial charge in [0, 0.05) is 50.3 Å². The van der Waals surface area contributed by atoms with Crippen LogP contribution in [0.4, 0.5) is 0 Å². The van der Waals surface area contributed by atoms with Crippen LogP contribution in [0.25, 0.3) is 0 Å². The predicted molar refractivity (Wildman–Crippen MR) is 109 cm³/mol. The molecule has 2 aliphatic rings. The van der Waals surface area contributed by atoms with E-state index in [0.717, 1.165) is 19.3 Å². The third-order valence-electron chi connectivity index (χ3n) is 5.94. The number of phenols is 1. The van der Waals surface area contributed by atoms with E-state index in [-0.39, 0.29) is 34.0 Å². The summed E-state index contributed by atoms with van der Waals surface area (Å²) in [7, 11) is 0. The molecule has 1 atom stereocenters. The first-order chi connectivity index (χ1) is 14.5. The molecular formula is C21H23ClN4O4. The number of rotatable bonds is 4. The number of halogens is 1. The van der Waals surface area contributed by atoms with Gasteiger partial charge in [-0.15, -0.1) is 0 Å². The summed E-state index contributed by atoms with van der Waals surface area (Å²) in [4.78, 5) is 35.2. The summed E-state index contributed by atoms with van der Waals surface area (Å²) in [5, 5.41) is 13.0. The number of nitrogens with one attached hydrogen (secondary N) is 1. The Balaban J connectivity index is 1.53. The molecule has 2 saturated heterocycles. The van der Waals surface area contributed by atoms with Crippen molar-refractivity contribution < 1.29 is 19.4 Å². The third kappa shape index (κ3) is 4.24. The van der Waals surface area contributed by atoms with Gasteiger partial charge in [-0.3, -0.25) is 9.59 Å². The Hall–Kier alpha value is -2.71. The Morgan fingerprint density at radius 1 is 1.23 bits per heavy atom. The Morgan fingerprint density at radius 3 is 2.67 bits per heavy atom. The number of likely N-dealkylation sites (tertiary alicyclic amines) is 1. The standard InChI is InChI=1S/C21H23ClN4O4/c22-17-2-1-14(7-18(17)27)20(29)26-12-21(3-5-30-6-4-21)8-16(26)11-25-19(28)15-9-23-13-24-10-15/h1-2,7,9-10,13,16,27H,3-6,8,11-12H2,(H,25,28). The van der Waals surface area contributed by atoms with Gasteiger partial charge in [0.15, 0.2) is 0 Å². The minimum absolute atomic E-state index is 0.0202. The number of ether oxygens (including phenoxy) is 1. The lowest BCUT2D eigenvalue weighted by Gasteiger charge is -2.33. The third-order valence-corrected chi connectivity index (χ3v) is 6.26. The first-order valence-corrected chi connectivity index (χ1v) is 10.3. The van der Waals surface area contributed by atoms with Gasteiger partial charge in [0.1, 0.15) is 12.1 Å². The zero-order chi connectivity index (χ0) is 21.1. The molecule has 1 spiro atoms. The average Bonchev–Trinajstić information content (AvgIpc) is 3.12. The minimum Gasteiger partial charge on any atom is -0.506 e. The lowest BCUT2D eigenvalue weighted by atomic mass is 9.78. The Bertz CT molecular complexity index is 934. The number of amides is 2. The van der Waals surface area contributed by atoms with Crippen LogP contribution in [0, 0.1) is 5.41 Å². The quantitative estimate of drug-likeness (QED) is 0.771. The Labute approximate surface area is 179 Å². The molecule has 1 aromatic heterocycles. The number of benzene rings is 1. The molecule has 2 amide bonds. The largest absolute Gasteiger partial charge is 0.506 e. The molecule has 2 fully saturated rings. The molecule has 4 rings (SSSR count). The number of hydrogen-bond donors (Lipinski definition) is 2. The van der Waals surface area contributed by atoms with Crippen molar-refractivity contribution in [2.45, 2.75) is 25.3 Å². The zero-order valence-electron chi connectivity index (χ0n) is 16.4. The second kappa shape index (κ2) is 8.57. The van der Waals surface area contributed by atoms with E-state index in [2.05, 4.69) is 15.3 Å². The molecule has 8 nitrogen and oxygen atoms in total. The summed E-state index contributed by atoms with van der Waals surface area (Å²) >= 11 is 5.89. The molecule has 3 heterocycles. The van der Waals surface area contributed by atoms with E-state index in [1.807, 2.05) is 0 Å². The van der Waals surface area contributed by atoms with Gasteiger partial charge >= 0.3 is 0 Å². The smallest absolute Gasteiger partial charge is 0.254 e. The van der Waals surface area contributed by atoms with Crippen LogP contribution in [0.5, 0.6) is 5.75 Å². The monoisotopic (exact) mass is 430 g/mol. The topological polar surface area (TPSA) is 105 Å². The molecule has 158 valence electrons. The zero-order valence-corrected chi connectivity index (χ0v) is 17.1. The van der Waals surface area contributed by atoms with Crippen LogP contribution in [0.15, 0.2) is 36.9 Å². The number of aromatic hydroxyl groups is 1. The van der Waals surface area contributed by atoms with Crippen LogP contribution in [0.2, 0.25) is 5.02 Å². The fourth-order valence-electron chi connectivity index (χ4n) is 4.29. The maximum absolute atomic E-state index is 13.3. The SMILES string of the molecule is O=C(NCC1CC2(CCOCC2)CN1C(=O)c1ccc(Cl)c(O)c1)c1cncnc1. The van der Waals surface area contributed by atoms with Crippen molar-refractivity contribution in [3.8, 4) is 5.75 Å². The average molecular weight is 431 g/mol. The highest BCUT2D eigenvalue weighted by Gasteiger charge is 2.46. The van der Waals surface area contributed by atoms with Gasteiger partial charge in [0.2, 0.25) is 0 Å². The fraction of sp³-hybridized carbons (Fsp3) is 0.429. The van der Waals surface area contributed by atoms with Gasteiger partial charge in [-0.05, 0) is 42.9 Å². The van der Waals surface area contributed by atoms with Crippen molar-refractivity contribution >= 4 is 23.4 Å². The van der Waals surface area contributed by atoms with Crippen molar-refractivity contribution in [3.05, 3.63) is 53.1 Å². The summed E-state index contributed by atoms with van der Waals surface area (Å²) in [5.41, 5.74) is 0.721. The maximum atomic E-state index is 13.3. The van der Waals surface area contributed by atoms with Crippen molar-refractivity contribution in [3.63, 3.8) is 0 Å². The van der Waals surface area contributed by atoms with E-state index in [1.165, 1.54) is 30.9 Å².